The highest BCUT2D eigenvalue weighted by Gasteiger charge is 2.36. The molecular formula is C15H18ClN4O2-. The van der Waals surface area contributed by atoms with E-state index in [0.29, 0.717) is 32.8 Å². The van der Waals surface area contributed by atoms with E-state index in [2.05, 4.69) is 22.0 Å². The maximum absolute atomic E-state index is 12.5. The number of nitrogens with zero attached hydrogens (tertiary/aromatic N) is 4. The lowest BCUT2D eigenvalue weighted by atomic mass is 10.2. The number of ether oxygens (including phenoxy) is 1. The summed E-state index contributed by atoms with van der Waals surface area (Å²) < 4.78 is 5.31. The summed E-state index contributed by atoms with van der Waals surface area (Å²) in [6, 6.07) is 8.19. The molecule has 0 atom stereocenters. The molecule has 0 unspecified atom stereocenters. The van der Waals surface area contributed by atoms with Gasteiger partial charge in [0.05, 0.1) is 31.1 Å². The summed E-state index contributed by atoms with van der Waals surface area (Å²) in [4.78, 5) is 23.2. The molecule has 0 N–H and O–H groups in total. The van der Waals surface area contributed by atoms with E-state index in [1.807, 2.05) is 21.9 Å². The van der Waals surface area contributed by atoms with Gasteiger partial charge in [0.2, 0.25) is 11.9 Å². The lowest BCUT2D eigenvalue weighted by molar-refractivity contribution is -0.133. The molecule has 22 heavy (non-hydrogen) atoms. The second-order valence-electron chi connectivity index (χ2n) is 5.40. The zero-order chi connectivity index (χ0) is 14.2. The fourth-order valence-corrected chi connectivity index (χ4v) is 3.13. The fraction of sp³-hybridized carbons (Fsp3) is 0.467. The topological polar surface area (TPSA) is 48.4 Å². The molecular weight excluding hydrogens is 304 g/mol. The Kier molecular flexibility index (Phi) is 4.22. The van der Waals surface area contributed by atoms with Crippen molar-refractivity contribution in [3.63, 3.8) is 0 Å². The van der Waals surface area contributed by atoms with Crippen molar-refractivity contribution in [1.82, 2.24) is 4.90 Å². The van der Waals surface area contributed by atoms with Crippen LogP contribution in [0.5, 0.6) is 0 Å². The molecule has 0 radical (unpaired) electrons. The number of anilines is 2. The van der Waals surface area contributed by atoms with Crippen LogP contribution in [0, 0.1) is 0 Å². The molecule has 1 aromatic rings. The molecule has 3 aliphatic heterocycles. The molecule has 1 amide bonds. The lowest BCUT2D eigenvalue weighted by Gasteiger charge is -2.29. The van der Waals surface area contributed by atoms with Gasteiger partial charge in [0.1, 0.15) is 6.54 Å². The van der Waals surface area contributed by atoms with Gasteiger partial charge in [-0.2, -0.15) is 0 Å². The number of fused-ring (bicyclic) bond motifs is 3. The van der Waals surface area contributed by atoms with Gasteiger partial charge in [0.15, 0.2) is 0 Å². The third-order valence-electron chi connectivity index (χ3n) is 4.18. The monoisotopic (exact) mass is 321 g/mol. The molecule has 4 rings (SSSR count). The van der Waals surface area contributed by atoms with E-state index in [1.165, 1.54) is 0 Å². The minimum atomic E-state index is 0. The van der Waals surface area contributed by atoms with E-state index >= 15 is 0 Å². The van der Waals surface area contributed by atoms with Crippen LogP contribution in [0.3, 0.4) is 0 Å². The summed E-state index contributed by atoms with van der Waals surface area (Å²) in [7, 11) is 0. The summed E-state index contributed by atoms with van der Waals surface area (Å²) in [5.41, 5.74) is 2.24. The summed E-state index contributed by atoms with van der Waals surface area (Å²) in [6.45, 7) is 4.69. The van der Waals surface area contributed by atoms with E-state index < -0.39 is 0 Å². The summed E-state index contributed by atoms with van der Waals surface area (Å²) in [5, 5.41) is 0. The van der Waals surface area contributed by atoms with Gasteiger partial charge in [0, 0.05) is 19.6 Å². The van der Waals surface area contributed by atoms with Crippen LogP contribution >= 0.6 is 0 Å². The number of amides is 1. The molecule has 0 spiro atoms. The first-order valence-corrected chi connectivity index (χ1v) is 7.39. The molecule has 0 saturated carbocycles. The van der Waals surface area contributed by atoms with E-state index in [0.717, 1.165) is 30.4 Å². The maximum atomic E-state index is 12.5. The Balaban J connectivity index is 0.00000144. The van der Waals surface area contributed by atoms with Crippen molar-refractivity contribution < 1.29 is 21.9 Å². The van der Waals surface area contributed by atoms with E-state index in [9.17, 15) is 4.79 Å². The number of halogens is 1. The minimum absolute atomic E-state index is 0. The number of morpholine rings is 1. The number of rotatable bonds is 2. The molecule has 1 aromatic carbocycles. The third-order valence-corrected chi connectivity index (χ3v) is 4.18. The van der Waals surface area contributed by atoms with Crippen LogP contribution in [0.1, 0.15) is 0 Å². The normalized spacial score (nSPS) is 19.5. The second kappa shape index (κ2) is 6.14. The first-order chi connectivity index (χ1) is 10.3. The predicted octanol–water partition coefficient (Wildman–Crippen LogP) is -2.45. The van der Waals surface area contributed by atoms with Gasteiger partial charge in [-0.05, 0) is 12.1 Å². The molecule has 118 valence electrons. The maximum Gasteiger partial charge on any atom is 0.242 e. The highest BCUT2D eigenvalue weighted by Crippen LogP contribution is 2.38. The molecule has 7 heteroatoms. The molecule has 3 aliphatic rings. The van der Waals surface area contributed by atoms with Crippen LogP contribution in [0.4, 0.5) is 11.4 Å². The van der Waals surface area contributed by atoms with E-state index in [-0.39, 0.29) is 18.3 Å². The molecule has 0 aliphatic carbocycles. The Morgan fingerprint density at radius 2 is 1.86 bits per heavy atom. The van der Waals surface area contributed by atoms with Crippen LogP contribution in [0.15, 0.2) is 29.3 Å². The first kappa shape index (κ1) is 15.1. The predicted molar refractivity (Wildman–Crippen MR) is 80.8 cm³/mol. The van der Waals surface area contributed by atoms with Gasteiger partial charge in [-0.3, -0.25) is 9.79 Å². The number of benzene rings is 1. The standard InChI is InChI=1S/C15H18N4O2.ClH/c20-14(17-7-9-21-10-8-17)11-19-13-4-2-1-3-12(13)18-6-5-16-15(18)19;/h1-4H,5-11H2;1H/p-1. The van der Waals surface area contributed by atoms with Crippen molar-refractivity contribution in [2.45, 2.75) is 0 Å². The van der Waals surface area contributed by atoms with Crippen molar-refractivity contribution in [2.24, 2.45) is 4.99 Å². The average molecular weight is 322 g/mol. The molecule has 0 bridgehead atoms. The molecule has 6 nitrogen and oxygen atoms in total. The number of hydrogen-bond acceptors (Lipinski definition) is 5. The zero-order valence-electron chi connectivity index (χ0n) is 12.2. The number of carbonyl (C=O) groups excluding carboxylic acids is 1. The Morgan fingerprint density at radius 1 is 1.14 bits per heavy atom. The quantitative estimate of drug-likeness (QED) is 0.606. The number of hydrogen-bond donors (Lipinski definition) is 0. The SMILES string of the molecule is O=C(CN1C2=NCCN2c2ccccc21)N1CCOCC1.[Cl-]. The summed E-state index contributed by atoms with van der Waals surface area (Å²) in [5.74, 6) is 1.06. The first-order valence-electron chi connectivity index (χ1n) is 7.39. The van der Waals surface area contributed by atoms with Crippen LogP contribution < -0.4 is 22.2 Å². The van der Waals surface area contributed by atoms with Gasteiger partial charge >= 0.3 is 0 Å². The van der Waals surface area contributed by atoms with Crippen molar-refractivity contribution in [3.05, 3.63) is 24.3 Å². The van der Waals surface area contributed by atoms with Crippen LogP contribution in [-0.2, 0) is 9.53 Å². The Morgan fingerprint density at radius 3 is 2.64 bits per heavy atom. The number of para-hydroxylation sites is 2. The van der Waals surface area contributed by atoms with E-state index in [1.54, 1.807) is 0 Å². The Hall–Kier alpha value is -1.79. The largest absolute Gasteiger partial charge is 1.00 e. The van der Waals surface area contributed by atoms with Gasteiger partial charge in [0.25, 0.3) is 0 Å². The van der Waals surface area contributed by atoms with Crippen molar-refractivity contribution in [3.8, 4) is 0 Å². The molecule has 1 fully saturated rings. The molecule has 3 heterocycles. The van der Waals surface area contributed by atoms with Crippen molar-refractivity contribution in [1.29, 1.82) is 0 Å². The van der Waals surface area contributed by atoms with Gasteiger partial charge < -0.3 is 31.8 Å². The smallest absolute Gasteiger partial charge is 0.242 e. The highest BCUT2D eigenvalue weighted by atomic mass is 35.5. The van der Waals surface area contributed by atoms with Gasteiger partial charge in [-0.1, -0.05) is 12.1 Å². The van der Waals surface area contributed by atoms with Gasteiger partial charge in [-0.25, -0.2) is 0 Å². The van der Waals surface area contributed by atoms with Gasteiger partial charge in [-0.15, -0.1) is 0 Å². The average Bonchev–Trinajstić information content (AvgIpc) is 3.11. The Bertz CT molecular complexity index is 601. The number of guanidine groups is 1. The number of aliphatic imine (C=N–C) groups is 1. The van der Waals surface area contributed by atoms with Crippen molar-refractivity contribution in [2.75, 3.05) is 55.7 Å². The third kappa shape index (κ3) is 2.42. The van der Waals surface area contributed by atoms with Crippen LogP contribution in [0.2, 0.25) is 0 Å². The zero-order valence-corrected chi connectivity index (χ0v) is 13.0. The second-order valence-corrected chi connectivity index (χ2v) is 5.40. The summed E-state index contributed by atoms with van der Waals surface area (Å²) in [6.07, 6.45) is 0. The summed E-state index contributed by atoms with van der Waals surface area (Å²) >= 11 is 0. The van der Waals surface area contributed by atoms with E-state index in [4.69, 9.17) is 4.74 Å². The molecule has 1 saturated heterocycles. The lowest BCUT2D eigenvalue weighted by Crippen LogP contribution is -3.00. The highest BCUT2D eigenvalue weighted by molar-refractivity contribution is 6.18. The van der Waals surface area contributed by atoms with Crippen LogP contribution in [-0.4, -0.2) is 62.7 Å². The minimum Gasteiger partial charge on any atom is -1.00 e. The van der Waals surface area contributed by atoms with Crippen LogP contribution in [0.25, 0.3) is 0 Å². The number of carbonyl (C=O) groups is 1. The van der Waals surface area contributed by atoms with Crippen molar-refractivity contribution >= 4 is 23.2 Å². The fourth-order valence-electron chi connectivity index (χ4n) is 3.13. The molecule has 0 aromatic heterocycles. The Labute approximate surface area is 135 Å².